The third kappa shape index (κ3) is 11.2. The van der Waals surface area contributed by atoms with Gasteiger partial charge in [-0.25, -0.2) is 0 Å². The molecular formula is C86H75F3N10. The second-order valence-electron chi connectivity index (χ2n) is 26.2. The maximum atomic E-state index is 14.6. The van der Waals surface area contributed by atoms with Crippen LogP contribution < -0.4 is 56.5 Å². The standard InChI is InChI=1S/C26H20N2.C21H18N2.C20H18F3N3.C19H19N3/c1-15-6-11-23-21(12-15)18-4-2-3-5-22(18)26(23)24-13-16(27)7-9-19(24)20-10-8-17(28)14-25(20)26;1-11-2-5-14-17(8-11)21-16-7-4-12(22)9-18(16)20(14)15-6-3-13(23)10-19(15)21;21-20(22,23)19(13-1-7-16(24)8-2-13,14-3-9-17(25)10-4-14)15-5-11-18(26)12-6-15;1-14-2-8-17(9-3-14)22(18-10-4-15(20)5-11-18)19-12-6-16(21)7-13-19/h2-14H,27-28H2,1H3;2-10,20-21H,22-23H2,1H3;1-12H,24-26H2;2-13H,20-21H2,1H3. The van der Waals surface area contributed by atoms with Gasteiger partial charge in [0.2, 0.25) is 0 Å². The number of benzene rings is 13. The first-order valence-electron chi connectivity index (χ1n) is 32.8. The van der Waals surface area contributed by atoms with Gasteiger partial charge in [-0.2, -0.15) is 13.2 Å². The van der Waals surface area contributed by atoms with E-state index in [1.165, 1.54) is 167 Å². The van der Waals surface area contributed by atoms with Crippen molar-refractivity contribution in [3.8, 4) is 22.3 Å². The van der Waals surface area contributed by atoms with Crippen molar-refractivity contribution in [2.45, 2.75) is 49.6 Å². The van der Waals surface area contributed by atoms with Gasteiger partial charge in [0.05, 0.1) is 5.41 Å². The van der Waals surface area contributed by atoms with Gasteiger partial charge in [-0.15, -0.1) is 0 Å². The zero-order valence-corrected chi connectivity index (χ0v) is 55.0. The fourth-order valence-corrected chi connectivity index (χ4v) is 15.3. The van der Waals surface area contributed by atoms with Gasteiger partial charge in [0, 0.05) is 80.1 Å². The number of nitrogen functional groups attached to an aromatic ring is 9. The molecule has 0 heterocycles. The Hall–Kier alpha value is -12.4. The van der Waals surface area contributed by atoms with Crippen LogP contribution in [0.4, 0.5) is 81.4 Å². The van der Waals surface area contributed by atoms with Gasteiger partial charge in [-0.1, -0.05) is 150 Å². The first-order chi connectivity index (χ1) is 47.6. The fraction of sp³-hybridized carbons (Fsp3) is 0.0930. The van der Waals surface area contributed by atoms with E-state index in [4.69, 9.17) is 51.6 Å². The molecule has 1 spiro atoms. The van der Waals surface area contributed by atoms with E-state index in [0.29, 0.717) is 17.1 Å². The number of halogens is 3. The minimum atomic E-state index is -4.62. The molecule has 5 aliphatic carbocycles. The summed E-state index contributed by atoms with van der Waals surface area (Å²) in [6, 6.07) is 89.0. The average Bonchev–Trinajstić information content (AvgIpc) is 1.56. The highest BCUT2D eigenvalue weighted by Gasteiger charge is 2.58. The highest BCUT2D eigenvalue weighted by atomic mass is 19.4. The summed E-state index contributed by atoms with van der Waals surface area (Å²) < 4.78 is 43.9. The summed E-state index contributed by atoms with van der Waals surface area (Å²) >= 11 is 0. The number of aryl methyl sites for hydroxylation is 3. The first kappa shape index (κ1) is 64.0. The Morgan fingerprint density at radius 2 is 0.586 bits per heavy atom. The van der Waals surface area contributed by atoms with Gasteiger partial charge in [0.15, 0.2) is 0 Å². The molecule has 13 heteroatoms. The minimum Gasteiger partial charge on any atom is -0.399 e. The summed E-state index contributed by atoms with van der Waals surface area (Å²) in [6.45, 7) is 6.40. The molecule has 2 unspecified atom stereocenters. The molecule has 490 valence electrons. The van der Waals surface area contributed by atoms with Crippen LogP contribution in [0.25, 0.3) is 22.3 Å². The molecule has 5 aliphatic rings. The normalized spacial score (nSPS) is 14.2. The molecule has 0 amide bonds. The molecule has 0 fully saturated rings. The summed E-state index contributed by atoms with van der Waals surface area (Å²) in [7, 11) is 0. The molecule has 0 aromatic heterocycles. The Bertz CT molecular complexity index is 4880. The predicted octanol–water partition coefficient (Wildman–Crippen LogP) is 18.6. The van der Waals surface area contributed by atoms with Crippen molar-refractivity contribution in [1.82, 2.24) is 0 Å². The van der Waals surface area contributed by atoms with Crippen LogP contribution in [0, 0.1) is 20.8 Å². The lowest BCUT2D eigenvalue weighted by Gasteiger charge is -2.42. The van der Waals surface area contributed by atoms with E-state index >= 15 is 0 Å². The van der Waals surface area contributed by atoms with Gasteiger partial charge in [-0.05, 0) is 261 Å². The second kappa shape index (κ2) is 25.0. The van der Waals surface area contributed by atoms with E-state index in [1.54, 1.807) is 0 Å². The molecular weight excluding hydrogens is 1230 g/mol. The Morgan fingerprint density at radius 1 is 0.273 bits per heavy atom. The van der Waals surface area contributed by atoms with Crippen LogP contribution in [0.2, 0.25) is 0 Å². The van der Waals surface area contributed by atoms with Crippen molar-refractivity contribution >= 4 is 68.2 Å². The van der Waals surface area contributed by atoms with E-state index in [9.17, 15) is 13.2 Å². The van der Waals surface area contributed by atoms with Crippen LogP contribution in [0.15, 0.2) is 279 Å². The molecule has 13 aromatic rings. The van der Waals surface area contributed by atoms with Crippen molar-refractivity contribution < 1.29 is 13.2 Å². The monoisotopic (exact) mass is 1300 g/mol. The lowest BCUT2D eigenvalue weighted by atomic mass is 9.61. The smallest absolute Gasteiger partial charge is 0.399 e. The van der Waals surface area contributed by atoms with Crippen molar-refractivity contribution in [2.75, 3.05) is 56.5 Å². The maximum Gasteiger partial charge on any atom is 0.406 e. The molecule has 10 nitrogen and oxygen atoms in total. The van der Waals surface area contributed by atoms with Crippen LogP contribution in [0.1, 0.15) is 101 Å². The van der Waals surface area contributed by atoms with E-state index in [0.717, 1.165) is 51.2 Å². The third-order valence-corrected chi connectivity index (χ3v) is 19.8. The number of anilines is 12. The Labute approximate surface area is 574 Å². The largest absolute Gasteiger partial charge is 0.406 e. The van der Waals surface area contributed by atoms with E-state index in [1.807, 2.05) is 72.8 Å². The van der Waals surface area contributed by atoms with Crippen LogP contribution in [-0.2, 0) is 10.8 Å². The van der Waals surface area contributed by atoms with E-state index in [2.05, 4.69) is 159 Å². The molecule has 0 radical (unpaired) electrons. The summed E-state index contributed by atoms with van der Waals surface area (Å²) in [5.74, 6) is 0.536. The number of alkyl halides is 3. The number of rotatable bonds is 6. The van der Waals surface area contributed by atoms with Gasteiger partial charge in [-0.3, -0.25) is 0 Å². The zero-order valence-electron chi connectivity index (χ0n) is 55.0. The Kier molecular flexibility index (Phi) is 16.2. The Balaban J connectivity index is 0.000000113. The van der Waals surface area contributed by atoms with Crippen molar-refractivity contribution in [2.24, 2.45) is 0 Å². The number of hydrogen-bond acceptors (Lipinski definition) is 10. The predicted molar refractivity (Wildman–Crippen MR) is 404 cm³/mol. The van der Waals surface area contributed by atoms with E-state index in [-0.39, 0.29) is 33.9 Å². The van der Waals surface area contributed by atoms with Crippen LogP contribution in [0.3, 0.4) is 0 Å². The summed E-state index contributed by atoms with van der Waals surface area (Å²) in [4.78, 5) is 2.18. The number of fused-ring (bicyclic) bond motifs is 10. The molecule has 0 saturated heterocycles. The van der Waals surface area contributed by atoms with Gasteiger partial charge >= 0.3 is 6.18 Å². The number of nitrogens with two attached hydrogens (primary N) is 9. The molecule has 13 aromatic carbocycles. The van der Waals surface area contributed by atoms with Gasteiger partial charge < -0.3 is 56.5 Å². The minimum absolute atomic E-state index is 0.0637. The topological polar surface area (TPSA) is 237 Å². The summed E-state index contributed by atoms with van der Waals surface area (Å²) in [6.07, 6.45) is -4.62. The number of nitrogens with zero attached hydrogens (tertiary/aromatic N) is 1. The summed E-state index contributed by atoms with van der Waals surface area (Å²) in [5, 5.41) is 0. The van der Waals surface area contributed by atoms with Crippen LogP contribution in [0.5, 0.6) is 0 Å². The van der Waals surface area contributed by atoms with Crippen molar-refractivity contribution in [3.05, 3.63) is 368 Å². The highest BCUT2D eigenvalue weighted by molar-refractivity contribution is 5.96. The fourth-order valence-electron chi connectivity index (χ4n) is 15.3. The van der Waals surface area contributed by atoms with Crippen LogP contribution in [-0.4, -0.2) is 6.18 Å². The maximum absolute atomic E-state index is 14.6. The van der Waals surface area contributed by atoms with E-state index < -0.39 is 11.6 Å². The third-order valence-electron chi connectivity index (χ3n) is 19.8. The first-order valence-corrected chi connectivity index (χ1v) is 32.8. The lowest BCUT2D eigenvalue weighted by molar-refractivity contribution is -0.166. The molecule has 2 atom stereocenters. The molecule has 2 bridgehead atoms. The van der Waals surface area contributed by atoms with Gasteiger partial charge in [0.1, 0.15) is 5.41 Å². The SMILES string of the molecule is Cc1ccc(N(c2ccc(N)cc2)c2ccc(N)cc2)cc1.Cc1ccc2c(c1)-c1ccccc1C21c2cc(N)ccc2-c2ccc(N)cc21.Cc1ccc2c(c1)C1c3ccc(N)cc3C2c2ccc(N)cc21.Nc1ccc(C(c2ccc(N)cc2)(c2ccc(N)cc2)C(F)(F)F)cc1. The van der Waals surface area contributed by atoms with Gasteiger partial charge in [0.25, 0.3) is 0 Å². The quantitative estimate of drug-likeness (QED) is 0.0564. The second-order valence-corrected chi connectivity index (χ2v) is 26.2. The zero-order chi connectivity index (χ0) is 69.2. The molecule has 0 aliphatic heterocycles. The summed E-state index contributed by atoms with van der Waals surface area (Å²) in [5.41, 5.74) is 82.3. The van der Waals surface area contributed by atoms with Crippen LogP contribution >= 0.6 is 0 Å². The van der Waals surface area contributed by atoms with Crippen molar-refractivity contribution in [1.29, 1.82) is 0 Å². The number of hydrogen-bond donors (Lipinski definition) is 9. The highest BCUT2D eigenvalue weighted by Crippen LogP contribution is 2.64. The molecule has 18 N–H and O–H groups in total. The molecule has 18 rings (SSSR count). The average molecular weight is 1310 g/mol. The lowest BCUT2D eigenvalue weighted by Crippen LogP contribution is -2.44. The Morgan fingerprint density at radius 3 is 1.03 bits per heavy atom. The van der Waals surface area contributed by atoms with Crippen molar-refractivity contribution in [3.63, 3.8) is 0 Å². The molecule has 0 saturated carbocycles. The molecule has 99 heavy (non-hydrogen) atoms.